The molecule has 0 unspecified atom stereocenters. The molecule has 0 aliphatic carbocycles. The largest absolute Gasteiger partial charge is 0.496 e. The number of halogens is 2. The number of ketones is 1. The maximum absolute atomic E-state index is 13.7. The van der Waals surface area contributed by atoms with Crippen molar-refractivity contribution in [2.24, 2.45) is 0 Å². The van der Waals surface area contributed by atoms with Crippen molar-refractivity contribution in [1.82, 2.24) is 0 Å². The smallest absolute Gasteiger partial charge is 0.196 e. The van der Waals surface area contributed by atoms with Gasteiger partial charge in [0.1, 0.15) is 5.75 Å². The zero-order chi connectivity index (χ0) is 14.7. The number of methoxy groups -OCH3 is 2. The van der Waals surface area contributed by atoms with Gasteiger partial charge in [0.2, 0.25) is 0 Å². The van der Waals surface area contributed by atoms with Crippen LogP contribution in [0.2, 0.25) is 0 Å². The summed E-state index contributed by atoms with van der Waals surface area (Å²) in [5.74, 6) is -0.285. The van der Waals surface area contributed by atoms with Gasteiger partial charge in [-0.2, -0.15) is 0 Å². The highest BCUT2D eigenvalue weighted by Gasteiger charge is 2.16. The minimum Gasteiger partial charge on any atom is -0.496 e. The molecule has 0 radical (unpaired) electrons. The summed E-state index contributed by atoms with van der Waals surface area (Å²) in [4.78, 5) is 12.4. The van der Waals surface area contributed by atoms with Crippen LogP contribution in [0.15, 0.2) is 36.4 Å². The molecule has 0 N–H and O–H groups in total. The molecule has 2 rings (SSSR count). The summed E-state index contributed by atoms with van der Waals surface area (Å²) in [6.45, 7) is 0. The van der Waals surface area contributed by atoms with Crippen LogP contribution in [0.1, 0.15) is 15.9 Å². The lowest BCUT2D eigenvalue weighted by molar-refractivity contribution is 0.103. The van der Waals surface area contributed by atoms with Crippen LogP contribution in [0.3, 0.4) is 0 Å². The summed E-state index contributed by atoms with van der Waals surface area (Å²) < 4.78 is 24.6. The predicted octanol–water partition coefficient (Wildman–Crippen LogP) is 3.68. The fraction of sp³-hybridized carbons (Fsp3) is 0.133. The molecule has 0 saturated carbocycles. The molecular weight excluding hydrogens is 374 g/mol. The third-order valence-electron chi connectivity index (χ3n) is 2.82. The van der Waals surface area contributed by atoms with E-state index in [0.29, 0.717) is 11.3 Å². The Morgan fingerprint density at radius 1 is 1.05 bits per heavy atom. The Hall–Kier alpha value is -1.63. The Balaban J connectivity index is 2.46. The molecule has 3 nitrogen and oxygen atoms in total. The van der Waals surface area contributed by atoms with Gasteiger partial charge in [-0.25, -0.2) is 4.39 Å². The topological polar surface area (TPSA) is 35.5 Å². The summed E-state index contributed by atoms with van der Waals surface area (Å²) in [5.41, 5.74) is 0.660. The first-order chi connectivity index (χ1) is 9.56. The van der Waals surface area contributed by atoms with Crippen LogP contribution >= 0.6 is 22.6 Å². The first-order valence-electron chi connectivity index (χ1n) is 5.78. The molecule has 0 aliphatic rings. The second-order valence-electron chi connectivity index (χ2n) is 4.02. The number of benzene rings is 2. The van der Waals surface area contributed by atoms with E-state index in [2.05, 4.69) is 22.6 Å². The molecule has 104 valence electrons. The Labute approximate surface area is 129 Å². The number of carbonyl (C=O) groups is 1. The average Bonchev–Trinajstić information content (AvgIpc) is 2.46. The van der Waals surface area contributed by atoms with Gasteiger partial charge in [0.15, 0.2) is 17.3 Å². The van der Waals surface area contributed by atoms with E-state index >= 15 is 0 Å². The van der Waals surface area contributed by atoms with Gasteiger partial charge in [-0.3, -0.25) is 4.79 Å². The monoisotopic (exact) mass is 386 g/mol. The molecule has 20 heavy (non-hydrogen) atoms. The number of hydrogen-bond acceptors (Lipinski definition) is 3. The lowest BCUT2D eigenvalue weighted by atomic mass is 10.0. The second kappa shape index (κ2) is 6.21. The highest BCUT2D eigenvalue weighted by atomic mass is 127. The normalized spacial score (nSPS) is 10.2. The molecule has 0 amide bonds. The van der Waals surface area contributed by atoms with E-state index in [0.717, 1.165) is 3.57 Å². The minimum atomic E-state index is -0.567. The summed E-state index contributed by atoms with van der Waals surface area (Å²) >= 11 is 2.11. The number of hydrogen-bond donors (Lipinski definition) is 0. The lowest BCUT2D eigenvalue weighted by Crippen LogP contribution is -2.05. The SMILES string of the molecule is COc1ccc(C(=O)c2cc(I)ccc2OC)cc1F. The van der Waals surface area contributed by atoms with Crippen LogP contribution in [-0.4, -0.2) is 20.0 Å². The maximum atomic E-state index is 13.7. The van der Waals surface area contributed by atoms with Gasteiger partial charge >= 0.3 is 0 Å². The van der Waals surface area contributed by atoms with Crippen LogP contribution in [0.5, 0.6) is 11.5 Å². The number of carbonyl (C=O) groups excluding carboxylic acids is 1. The van der Waals surface area contributed by atoms with Gasteiger partial charge in [-0.15, -0.1) is 0 Å². The molecule has 0 bridgehead atoms. The average molecular weight is 386 g/mol. The third kappa shape index (κ3) is 2.92. The number of ether oxygens (including phenoxy) is 2. The zero-order valence-corrected chi connectivity index (χ0v) is 13.1. The first kappa shape index (κ1) is 14.8. The van der Waals surface area contributed by atoms with Crippen molar-refractivity contribution in [3.63, 3.8) is 0 Å². The zero-order valence-electron chi connectivity index (χ0n) is 10.9. The van der Waals surface area contributed by atoms with Crippen LogP contribution in [-0.2, 0) is 0 Å². The van der Waals surface area contributed by atoms with E-state index in [9.17, 15) is 9.18 Å². The van der Waals surface area contributed by atoms with Gasteiger partial charge in [-0.05, 0) is 59.0 Å². The quantitative estimate of drug-likeness (QED) is 0.594. The molecule has 5 heteroatoms. The second-order valence-corrected chi connectivity index (χ2v) is 5.27. The highest BCUT2D eigenvalue weighted by Crippen LogP contribution is 2.25. The van der Waals surface area contributed by atoms with Crippen molar-refractivity contribution in [2.45, 2.75) is 0 Å². The standard InChI is InChI=1S/C15H12FIO3/c1-19-13-6-4-10(17)8-11(13)15(18)9-3-5-14(20-2)12(16)7-9/h3-8H,1-2H3. The van der Waals surface area contributed by atoms with Crippen LogP contribution in [0.25, 0.3) is 0 Å². The molecular formula is C15H12FIO3. The van der Waals surface area contributed by atoms with Gasteiger partial charge in [0.05, 0.1) is 19.8 Å². The summed E-state index contributed by atoms with van der Waals surface area (Å²) in [6, 6.07) is 9.40. The van der Waals surface area contributed by atoms with E-state index in [4.69, 9.17) is 9.47 Å². The molecule has 2 aromatic rings. The minimum absolute atomic E-state index is 0.108. The fourth-order valence-corrected chi connectivity index (χ4v) is 2.31. The van der Waals surface area contributed by atoms with Crippen molar-refractivity contribution in [1.29, 1.82) is 0 Å². The van der Waals surface area contributed by atoms with Crippen LogP contribution < -0.4 is 9.47 Å². The summed E-state index contributed by atoms with van der Waals surface area (Å²) in [7, 11) is 2.87. The van der Waals surface area contributed by atoms with Gasteiger partial charge in [0.25, 0.3) is 0 Å². The molecule has 0 atom stereocenters. The van der Waals surface area contributed by atoms with Crippen LogP contribution in [0, 0.1) is 9.39 Å². The van der Waals surface area contributed by atoms with E-state index in [1.165, 1.54) is 32.4 Å². The molecule has 0 aliphatic heterocycles. The Morgan fingerprint density at radius 2 is 1.70 bits per heavy atom. The van der Waals surface area contributed by atoms with Gasteiger partial charge < -0.3 is 9.47 Å². The van der Waals surface area contributed by atoms with E-state index in [1.807, 2.05) is 6.07 Å². The van der Waals surface area contributed by atoms with Gasteiger partial charge in [0, 0.05) is 9.13 Å². The Kier molecular flexibility index (Phi) is 4.59. The Bertz CT molecular complexity index is 656. The first-order valence-corrected chi connectivity index (χ1v) is 6.86. The van der Waals surface area contributed by atoms with Crippen molar-refractivity contribution >= 4 is 28.4 Å². The summed E-state index contributed by atoms with van der Waals surface area (Å²) in [6.07, 6.45) is 0. The molecule has 0 aromatic heterocycles. The van der Waals surface area contributed by atoms with Crippen molar-refractivity contribution in [3.8, 4) is 11.5 Å². The fourth-order valence-electron chi connectivity index (χ4n) is 1.82. The van der Waals surface area contributed by atoms with Crippen molar-refractivity contribution < 1.29 is 18.7 Å². The predicted molar refractivity (Wildman–Crippen MR) is 82.1 cm³/mol. The molecule has 0 heterocycles. The van der Waals surface area contributed by atoms with Crippen molar-refractivity contribution in [2.75, 3.05) is 14.2 Å². The molecule has 2 aromatic carbocycles. The van der Waals surface area contributed by atoms with Gasteiger partial charge in [-0.1, -0.05) is 0 Å². The van der Waals surface area contributed by atoms with Crippen LogP contribution in [0.4, 0.5) is 4.39 Å². The van der Waals surface area contributed by atoms with E-state index in [-0.39, 0.29) is 17.1 Å². The lowest BCUT2D eigenvalue weighted by Gasteiger charge is -2.09. The van der Waals surface area contributed by atoms with Crippen molar-refractivity contribution in [3.05, 3.63) is 56.9 Å². The molecule has 0 saturated heterocycles. The van der Waals surface area contributed by atoms with E-state index < -0.39 is 5.82 Å². The number of rotatable bonds is 4. The third-order valence-corrected chi connectivity index (χ3v) is 3.49. The Morgan fingerprint density at radius 3 is 2.30 bits per heavy atom. The molecule has 0 spiro atoms. The van der Waals surface area contributed by atoms with E-state index in [1.54, 1.807) is 12.1 Å². The molecule has 0 fully saturated rings. The highest BCUT2D eigenvalue weighted by molar-refractivity contribution is 14.1. The maximum Gasteiger partial charge on any atom is 0.196 e. The summed E-state index contributed by atoms with van der Waals surface area (Å²) in [5, 5.41) is 0.